The van der Waals surface area contributed by atoms with Crippen molar-refractivity contribution in [2.45, 2.75) is 71.3 Å². The Bertz CT molecular complexity index is 184. The van der Waals surface area contributed by atoms with Crippen LogP contribution in [0, 0.1) is 11.8 Å². The van der Waals surface area contributed by atoms with Crippen molar-refractivity contribution in [2.24, 2.45) is 11.8 Å². The van der Waals surface area contributed by atoms with Gasteiger partial charge < -0.3 is 10.4 Å². The van der Waals surface area contributed by atoms with Gasteiger partial charge >= 0.3 is 0 Å². The minimum Gasteiger partial charge on any atom is -0.396 e. The molecule has 2 nitrogen and oxygen atoms in total. The summed E-state index contributed by atoms with van der Waals surface area (Å²) in [4.78, 5) is 0. The van der Waals surface area contributed by atoms with Gasteiger partial charge in [0.2, 0.25) is 0 Å². The zero-order chi connectivity index (χ0) is 12.5. The Morgan fingerprint density at radius 3 is 2.65 bits per heavy atom. The van der Waals surface area contributed by atoms with E-state index >= 15 is 0 Å². The first-order valence-corrected chi connectivity index (χ1v) is 7.66. The molecule has 0 saturated heterocycles. The molecule has 1 aliphatic carbocycles. The largest absolute Gasteiger partial charge is 0.396 e. The lowest BCUT2D eigenvalue weighted by Gasteiger charge is -2.32. The molecule has 0 aromatic heterocycles. The third-order valence-electron chi connectivity index (χ3n) is 4.36. The lowest BCUT2D eigenvalue weighted by molar-refractivity contribution is 0.149. The SMILES string of the molecule is CCCCC(CC)CNC1CCCCC1CO. The molecule has 0 amide bonds. The van der Waals surface area contributed by atoms with Gasteiger partial charge in [-0.2, -0.15) is 0 Å². The summed E-state index contributed by atoms with van der Waals surface area (Å²) in [5, 5.41) is 13.1. The maximum absolute atomic E-state index is 9.39. The van der Waals surface area contributed by atoms with Crippen LogP contribution in [-0.2, 0) is 0 Å². The summed E-state index contributed by atoms with van der Waals surface area (Å²) >= 11 is 0. The molecule has 3 unspecified atom stereocenters. The van der Waals surface area contributed by atoms with Crippen molar-refractivity contribution in [2.75, 3.05) is 13.2 Å². The Hall–Kier alpha value is -0.0800. The Labute approximate surface area is 107 Å². The number of hydrogen-bond donors (Lipinski definition) is 2. The molecule has 2 heteroatoms. The van der Waals surface area contributed by atoms with Crippen molar-refractivity contribution in [1.82, 2.24) is 5.32 Å². The fraction of sp³-hybridized carbons (Fsp3) is 1.00. The van der Waals surface area contributed by atoms with Crippen LogP contribution in [0.4, 0.5) is 0 Å². The minimum absolute atomic E-state index is 0.365. The second-order valence-electron chi connectivity index (χ2n) is 5.66. The van der Waals surface area contributed by atoms with Crippen LogP contribution in [0.2, 0.25) is 0 Å². The third-order valence-corrected chi connectivity index (χ3v) is 4.36. The molecule has 1 aliphatic rings. The Morgan fingerprint density at radius 2 is 2.00 bits per heavy atom. The second kappa shape index (κ2) is 8.93. The third kappa shape index (κ3) is 5.39. The summed E-state index contributed by atoms with van der Waals surface area (Å²) < 4.78 is 0. The van der Waals surface area contributed by atoms with Crippen LogP contribution in [0.15, 0.2) is 0 Å². The number of nitrogens with one attached hydrogen (secondary N) is 1. The molecule has 1 rings (SSSR count). The maximum Gasteiger partial charge on any atom is 0.0474 e. The highest BCUT2D eigenvalue weighted by atomic mass is 16.3. The lowest BCUT2D eigenvalue weighted by Crippen LogP contribution is -2.42. The number of aliphatic hydroxyl groups excluding tert-OH is 1. The van der Waals surface area contributed by atoms with Gasteiger partial charge in [-0.3, -0.25) is 0 Å². The molecule has 3 atom stereocenters. The Kier molecular flexibility index (Phi) is 7.87. The first-order valence-electron chi connectivity index (χ1n) is 7.66. The van der Waals surface area contributed by atoms with E-state index in [1.54, 1.807) is 0 Å². The van der Waals surface area contributed by atoms with Crippen LogP contribution in [0.25, 0.3) is 0 Å². The van der Waals surface area contributed by atoms with E-state index in [0.717, 1.165) is 12.5 Å². The van der Waals surface area contributed by atoms with Crippen molar-refractivity contribution < 1.29 is 5.11 Å². The predicted molar refractivity (Wildman–Crippen MR) is 74.1 cm³/mol. The number of aliphatic hydroxyl groups is 1. The molecule has 0 aliphatic heterocycles. The molecule has 0 spiro atoms. The first-order chi connectivity index (χ1) is 8.31. The van der Waals surface area contributed by atoms with Crippen molar-refractivity contribution >= 4 is 0 Å². The summed E-state index contributed by atoms with van der Waals surface area (Å²) in [6.07, 6.45) is 10.4. The normalized spacial score (nSPS) is 27.0. The zero-order valence-electron chi connectivity index (χ0n) is 11.8. The van der Waals surface area contributed by atoms with E-state index < -0.39 is 0 Å². The van der Waals surface area contributed by atoms with E-state index in [-0.39, 0.29) is 0 Å². The van der Waals surface area contributed by atoms with Gasteiger partial charge in [0.25, 0.3) is 0 Å². The molecule has 2 N–H and O–H groups in total. The van der Waals surface area contributed by atoms with Crippen LogP contribution < -0.4 is 5.32 Å². The topological polar surface area (TPSA) is 32.3 Å². The van der Waals surface area contributed by atoms with E-state index in [0.29, 0.717) is 18.6 Å². The smallest absolute Gasteiger partial charge is 0.0474 e. The molecule has 17 heavy (non-hydrogen) atoms. The van der Waals surface area contributed by atoms with Gasteiger partial charge in [0, 0.05) is 12.6 Å². The molecular weight excluding hydrogens is 210 g/mol. The Morgan fingerprint density at radius 1 is 1.24 bits per heavy atom. The first kappa shape index (κ1) is 15.0. The van der Waals surface area contributed by atoms with Crippen molar-refractivity contribution in [3.05, 3.63) is 0 Å². The van der Waals surface area contributed by atoms with Crippen molar-refractivity contribution in [3.8, 4) is 0 Å². The van der Waals surface area contributed by atoms with Crippen LogP contribution in [-0.4, -0.2) is 24.3 Å². The van der Waals surface area contributed by atoms with E-state index in [1.807, 2.05) is 0 Å². The molecule has 0 aromatic carbocycles. The molecule has 102 valence electrons. The summed E-state index contributed by atoms with van der Waals surface area (Å²) in [5.41, 5.74) is 0. The van der Waals surface area contributed by atoms with E-state index in [1.165, 1.54) is 51.4 Å². The van der Waals surface area contributed by atoms with Crippen LogP contribution >= 0.6 is 0 Å². The molecular formula is C15H31NO. The monoisotopic (exact) mass is 241 g/mol. The Balaban J connectivity index is 2.26. The van der Waals surface area contributed by atoms with E-state index in [9.17, 15) is 5.11 Å². The van der Waals surface area contributed by atoms with Gasteiger partial charge in [-0.1, -0.05) is 46.0 Å². The van der Waals surface area contributed by atoms with Gasteiger partial charge in [0.1, 0.15) is 0 Å². The van der Waals surface area contributed by atoms with Gasteiger partial charge in [0.15, 0.2) is 0 Å². The van der Waals surface area contributed by atoms with Crippen LogP contribution in [0.5, 0.6) is 0 Å². The van der Waals surface area contributed by atoms with Crippen LogP contribution in [0.3, 0.4) is 0 Å². The molecule has 0 radical (unpaired) electrons. The molecule has 1 saturated carbocycles. The van der Waals surface area contributed by atoms with E-state index in [2.05, 4.69) is 19.2 Å². The zero-order valence-corrected chi connectivity index (χ0v) is 11.8. The average molecular weight is 241 g/mol. The fourth-order valence-electron chi connectivity index (χ4n) is 2.96. The summed E-state index contributed by atoms with van der Waals surface area (Å²) in [7, 11) is 0. The maximum atomic E-state index is 9.39. The molecule has 0 aromatic rings. The standard InChI is InChI=1S/C15H31NO/c1-3-5-8-13(4-2)11-16-15-10-7-6-9-14(15)12-17/h13-17H,3-12H2,1-2H3. The molecule has 0 bridgehead atoms. The number of unbranched alkanes of at least 4 members (excludes halogenated alkanes) is 1. The van der Waals surface area contributed by atoms with Gasteiger partial charge in [-0.05, 0) is 37.6 Å². The summed E-state index contributed by atoms with van der Waals surface area (Å²) in [6, 6.07) is 0.574. The average Bonchev–Trinajstić information content (AvgIpc) is 2.39. The van der Waals surface area contributed by atoms with Gasteiger partial charge in [0.05, 0.1) is 0 Å². The molecule has 1 fully saturated rings. The summed E-state index contributed by atoms with van der Waals surface area (Å²) in [5.74, 6) is 1.34. The molecule has 0 heterocycles. The fourth-order valence-corrected chi connectivity index (χ4v) is 2.96. The van der Waals surface area contributed by atoms with Crippen molar-refractivity contribution in [1.29, 1.82) is 0 Å². The highest BCUT2D eigenvalue weighted by Gasteiger charge is 2.24. The predicted octanol–water partition coefficient (Wildman–Crippen LogP) is 3.34. The van der Waals surface area contributed by atoms with Gasteiger partial charge in [-0.25, -0.2) is 0 Å². The summed E-state index contributed by atoms with van der Waals surface area (Å²) in [6.45, 7) is 6.08. The van der Waals surface area contributed by atoms with E-state index in [4.69, 9.17) is 0 Å². The van der Waals surface area contributed by atoms with Crippen LogP contribution in [0.1, 0.15) is 65.2 Å². The lowest BCUT2D eigenvalue weighted by atomic mass is 9.84. The highest BCUT2D eigenvalue weighted by Crippen LogP contribution is 2.24. The minimum atomic E-state index is 0.365. The number of rotatable bonds is 8. The van der Waals surface area contributed by atoms with Crippen molar-refractivity contribution in [3.63, 3.8) is 0 Å². The quantitative estimate of drug-likeness (QED) is 0.683. The van der Waals surface area contributed by atoms with Gasteiger partial charge in [-0.15, -0.1) is 0 Å². The highest BCUT2D eigenvalue weighted by molar-refractivity contribution is 4.81. The number of hydrogen-bond acceptors (Lipinski definition) is 2. The second-order valence-corrected chi connectivity index (χ2v) is 5.66.